The molecular weight excluding hydrogens is 442 g/mol. The van der Waals surface area contributed by atoms with Crippen LogP contribution in [0.3, 0.4) is 0 Å². The average Bonchev–Trinajstić information content (AvgIpc) is 3.14. The molecule has 1 aromatic carbocycles. The highest BCUT2D eigenvalue weighted by molar-refractivity contribution is 5.85. The number of anilines is 1. The van der Waals surface area contributed by atoms with E-state index in [1.165, 1.54) is 0 Å². The van der Waals surface area contributed by atoms with Gasteiger partial charge in [-0.25, -0.2) is 0 Å². The van der Waals surface area contributed by atoms with E-state index >= 15 is 0 Å². The maximum atomic E-state index is 13.1. The molecule has 1 fully saturated rings. The first kappa shape index (κ1) is 26.4. The highest BCUT2D eigenvalue weighted by atomic mass is 16.5. The first-order chi connectivity index (χ1) is 16.8. The minimum atomic E-state index is -0.119. The number of rotatable bonds is 9. The molecule has 1 aromatic heterocycles. The van der Waals surface area contributed by atoms with Crippen LogP contribution in [0.1, 0.15) is 40.5 Å². The minimum Gasteiger partial charge on any atom is -0.497 e. The lowest BCUT2D eigenvalue weighted by Gasteiger charge is -2.29. The van der Waals surface area contributed by atoms with Crippen molar-refractivity contribution in [2.75, 3.05) is 51.3 Å². The largest absolute Gasteiger partial charge is 0.497 e. The topological polar surface area (TPSA) is 78.9 Å². The summed E-state index contributed by atoms with van der Waals surface area (Å²) >= 11 is 0. The van der Waals surface area contributed by atoms with Gasteiger partial charge < -0.3 is 19.4 Å². The van der Waals surface area contributed by atoms with Crippen LogP contribution in [0.25, 0.3) is 11.3 Å². The van der Waals surface area contributed by atoms with E-state index in [0.29, 0.717) is 32.1 Å². The summed E-state index contributed by atoms with van der Waals surface area (Å²) in [5.74, 6) is 1.92. The van der Waals surface area contributed by atoms with Crippen molar-refractivity contribution in [3.05, 3.63) is 36.4 Å². The molecule has 35 heavy (non-hydrogen) atoms. The van der Waals surface area contributed by atoms with Crippen molar-refractivity contribution in [1.29, 1.82) is 0 Å². The van der Waals surface area contributed by atoms with Crippen molar-refractivity contribution in [1.82, 2.24) is 20.0 Å². The van der Waals surface area contributed by atoms with Gasteiger partial charge in [0.2, 0.25) is 11.8 Å². The Morgan fingerprint density at radius 2 is 1.74 bits per heavy atom. The SMILES string of the molecule is CC[C@@H](C)CN(CC(=O)N1CCCN(c2ccc(-c3ccc(OC)cc3)nn2)CC1)C(=O)C(C)C. The van der Waals surface area contributed by atoms with Gasteiger partial charge in [0.1, 0.15) is 5.75 Å². The molecule has 0 unspecified atom stereocenters. The molecule has 0 N–H and O–H groups in total. The minimum absolute atomic E-state index is 0.0186. The number of methoxy groups -OCH3 is 1. The standard InChI is InChI=1S/C27H39N5O3/c1-6-21(4)18-32(27(34)20(2)3)19-26(33)31-15-7-14-30(16-17-31)25-13-12-24(28-29-25)22-8-10-23(35-5)11-9-22/h8-13,20-21H,6-7,14-19H2,1-5H3/t21-/m1/s1. The molecule has 8 heteroatoms. The van der Waals surface area contributed by atoms with Gasteiger partial charge in [-0.15, -0.1) is 10.2 Å². The van der Waals surface area contributed by atoms with Crippen LogP contribution < -0.4 is 9.64 Å². The van der Waals surface area contributed by atoms with E-state index in [1.807, 2.05) is 55.1 Å². The molecule has 1 aliphatic rings. The molecule has 0 saturated carbocycles. The van der Waals surface area contributed by atoms with Crippen LogP contribution in [0, 0.1) is 11.8 Å². The van der Waals surface area contributed by atoms with Crippen LogP contribution in [0.2, 0.25) is 0 Å². The zero-order chi connectivity index (χ0) is 25.4. The fourth-order valence-corrected chi connectivity index (χ4v) is 4.17. The zero-order valence-electron chi connectivity index (χ0n) is 21.7. The molecule has 3 rings (SSSR count). The first-order valence-corrected chi connectivity index (χ1v) is 12.6. The van der Waals surface area contributed by atoms with E-state index in [1.54, 1.807) is 12.0 Å². The quantitative estimate of drug-likeness (QED) is 0.543. The molecular formula is C27H39N5O3. The number of carbonyl (C=O) groups excluding carboxylic acids is 2. The van der Waals surface area contributed by atoms with Crippen LogP contribution in [0.5, 0.6) is 5.75 Å². The Hall–Kier alpha value is -3.16. The Bertz CT molecular complexity index is 962. The normalized spacial score (nSPS) is 15.0. The molecule has 1 saturated heterocycles. The number of hydrogen-bond donors (Lipinski definition) is 0. The summed E-state index contributed by atoms with van der Waals surface area (Å²) in [7, 11) is 1.65. The van der Waals surface area contributed by atoms with E-state index in [4.69, 9.17) is 4.74 Å². The van der Waals surface area contributed by atoms with Crippen molar-refractivity contribution in [3.8, 4) is 17.0 Å². The molecule has 1 aliphatic heterocycles. The van der Waals surface area contributed by atoms with E-state index < -0.39 is 0 Å². The predicted molar refractivity (Wildman–Crippen MR) is 138 cm³/mol. The van der Waals surface area contributed by atoms with Crippen molar-refractivity contribution in [2.24, 2.45) is 11.8 Å². The number of aromatic nitrogens is 2. The molecule has 0 aliphatic carbocycles. The van der Waals surface area contributed by atoms with Crippen LogP contribution in [0.4, 0.5) is 5.82 Å². The van der Waals surface area contributed by atoms with Crippen molar-refractivity contribution in [3.63, 3.8) is 0 Å². The van der Waals surface area contributed by atoms with Crippen molar-refractivity contribution >= 4 is 17.6 Å². The smallest absolute Gasteiger partial charge is 0.242 e. The summed E-state index contributed by atoms with van der Waals surface area (Å²) in [6, 6.07) is 11.7. The summed E-state index contributed by atoms with van der Waals surface area (Å²) in [5, 5.41) is 8.87. The van der Waals surface area contributed by atoms with Crippen molar-refractivity contribution in [2.45, 2.75) is 40.5 Å². The first-order valence-electron chi connectivity index (χ1n) is 12.6. The van der Waals surface area contributed by atoms with E-state index in [0.717, 1.165) is 42.2 Å². The molecule has 8 nitrogen and oxygen atoms in total. The second kappa shape index (κ2) is 12.5. The van der Waals surface area contributed by atoms with Gasteiger partial charge in [-0.2, -0.15) is 0 Å². The third-order valence-electron chi connectivity index (χ3n) is 6.57. The zero-order valence-corrected chi connectivity index (χ0v) is 21.7. The summed E-state index contributed by atoms with van der Waals surface area (Å²) < 4.78 is 5.22. The summed E-state index contributed by atoms with van der Waals surface area (Å²) in [4.78, 5) is 31.6. The van der Waals surface area contributed by atoms with Crippen LogP contribution in [0.15, 0.2) is 36.4 Å². The molecule has 190 valence electrons. The Morgan fingerprint density at radius 3 is 2.34 bits per heavy atom. The van der Waals surface area contributed by atoms with Gasteiger partial charge >= 0.3 is 0 Å². The lowest BCUT2D eigenvalue weighted by Crippen LogP contribution is -2.46. The van der Waals surface area contributed by atoms with E-state index in [-0.39, 0.29) is 24.3 Å². The average molecular weight is 482 g/mol. The lowest BCUT2D eigenvalue weighted by molar-refractivity contribution is -0.142. The summed E-state index contributed by atoms with van der Waals surface area (Å²) in [6.07, 6.45) is 1.82. The third-order valence-corrected chi connectivity index (χ3v) is 6.57. The second-order valence-electron chi connectivity index (χ2n) is 9.61. The van der Waals surface area contributed by atoms with Gasteiger partial charge in [-0.05, 0) is 48.7 Å². The molecule has 2 heterocycles. The number of amides is 2. The molecule has 0 bridgehead atoms. The maximum Gasteiger partial charge on any atom is 0.242 e. The Kier molecular flexibility index (Phi) is 9.46. The third kappa shape index (κ3) is 7.16. The second-order valence-corrected chi connectivity index (χ2v) is 9.61. The van der Waals surface area contributed by atoms with Gasteiger partial charge in [-0.3, -0.25) is 9.59 Å². The number of ether oxygens (including phenoxy) is 1. The highest BCUT2D eigenvalue weighted by Crippen LogP contribution is 2.22. The number of nitrogens with zero attached hydrogens (tertiary/aromatic N) is 5. The van der Waals surface area contributed by atoms with E-state index in [2.05, 4.69) is 28.9 Å². The molecule has 0 spiro atoms. The van der Waals surface area contributed by atoms with E-state index in [9.17, 15) is 9.59 Å². The molecule has 0 radical (unpaired) electrons. The maximum absolute atomic E-state index is 13.1. The number of hydrogen-bond acceptors (Lipinski definition) is 6. The van der Waals surface area contributed by atoms with Gasteiger partial charge in [0.15, 0.2) is 5.82 Å². The highest BCUT2D eigenvalue weighted by Gasteiger charge is 2.26. The Morgan fingerprint density at radius 1 is 1.00 bits per heavy atom. The van der Waals surface area contributed by atoms with Gasteiger partial charge in [0, 0.05) is 44.2 Å². The molecule has 1 atom stereocenters. The fourth-order valence-electron chi connectivity index (χ4n) is 4.17. The fraction of sp³-hybridized carbons (Fsp3) is 0.556. The molecule has 2 aromatic rings. The van der Waals surface area contributed by atoms with Crippen LogP contribution in [-0.4, -0.2) is 78.2 Å². The van der Waals surface area contributed by atoms with Crippen LogP contribution >= 0.6 is 0 Å². The monoisotopic (exact) mass is 481 g/mol. The summed E-state index contributed by atoms with van der Waals surface area (Å²) in [5.41, 5.74) is 1.79. The van der Waals surface area contributed by atoms with Gasteiger partial charge in [0.25, 0.3) is 0 Å². The van der Waals surface area contributed by atoms with Crippen LogP contribution in [-0.2, 0) is 9.59 Å². The Labute approximate surface area is 209 Å². The summed E-state index contributed by atoms with van der Waals surface area (Å²) in [6.45, 7) is 11.6. The van der Waals surface area contributed by atoms with Crippen molar-refractivity contribution < 1.29 is 14.3 Å². The van der Waals surface area contributed by atoms with Gasteiger partial charge in [0.05, 0.1) is 19.3 Å². The predicted octanol–water partition coefficient (Wildman–Crippen LogP) is 3.72. The lowest BCUT2D eigenvalue weighted by atomic mass is 10.1. The molecule has 2 amide bonds. The Balaban J connectivity index is 1.60. The van der Waals surface area contributed by atoms with Gasteiger partial charge in [-0.1, -0.05) is 34.1 Å². The number of carbonyl (C=O) groups is 2. The number of benzene rings is 1.